The largest absolute Gasteiger partial charge is 0.495 e. The molecule has 0 radical (unpaired) electrons. The van der Waals surface area contributed by atoms with E-state index < -0.39 is 10.0 Å². The molecule has 0 bridgehead atoms. The highest BCUT2D eigenvalue weighted by Crippen LogP contribution is 2.40. The van der Waals surface area contributed by atoms with Crippen molar-refractivity contribution in [1.29, 1.82) is 0 Å². The zero-order valence-corrected chi connectivity index (χ0v) is 17.3. The molecule has 2 aromatic rings. The Labute approximate surface area is 164 Å². The molecule has 144 valence electrons. The number of carbonyl (C=O) groups is 1. The number of rotatable bonds is 4. The normalized spacial score (nSPS) is 16.6. The van der Waals surface area contributed by atoms with Crippen molar-refractivity contribution in [2.45, 2.75) is 35.8 Å². The number of benzene rings is 2. The van der Waals surface area contributed by atoms with Gasteiger partial charge in [-0.15, -0.1) is 11.8 Å². The first-order valence-electron chi connectivity index (χ1n) is 8.47. The predicted molar refractivity (Wildman–Crippen MR) is 108 cm³/mol. The Morgan fingerprint density at radius 1 is 1.26 bits per heavy atom. The second-order valence-corrected chi connectivity index (χ2v) is 9.66. The van der Waals surface area contributed by atoms with Gasteiger partial charge in [-0.1, -0.05) is 13.0 Å². The zero-order valence-electron chi connectivity index (χ0n) is 15.6. The molecule has 1 aliphatic rings. The third kappa shape index (κ3) is 4.06. The van der Waals surface area contributed by atoms with Crippen LogP contribution in [0, 0.1) is 6.92 Å². The highest BCUT2D eigenvalue weighted by Gasteiger charge is 2.27. The van der Waals surface area contributed by atoms with Gasteiger partial charge in [-0.25, -0.2) is 8.42 Å². The Bertz CT molecular complexity index is 989. The summed E-state index contributed by atoms with van der Waals surface area (Å²) in [5.74, 6) is 0.336. The van der Waals surface area contributed by atoms with Crippen LogP contribution in [-0.2, 0) is 14.8 Å². The minimum absolute atomic E-state index is 0.103. The minimum Gasteiger partial charge on any atom is -0.495 e. The molecule has 1 heterocycles. The lowest BCUT2D eigenvalue weighted by molar-refractivity contribution is -0.116. The number of fused-ring (bicyclic) bond motifs is 1. The Morgan fingerprint density at radius 3 is 2.67 bits per heavy atom. The van der Waals surface area contributed by atoms with E-state index in [-0.39, 0.29) is 16.1 Å². The summed E-state index contributed by atoms with van der Waals surface area (Å²) in [5, 5.41) is 0.249. The maximum absolute atomic E-state index is 12.9. The minimum atomic E-state index is -3.84. The number of amides is 1. The summed E-state index contributed by atoms with van der Waals surface area (Å²) in [4.78, 5) is 14.6. The van der Waals surface area contributed by atoms with Crippen LogP contribution >= 0.6 is 11.8 Å². The third-order valence-corrected chi connectivity index (χ3v) is 6.79. The van der Waals surface area contributed by atoms with Crippen molar-refractivity contribution in [3.63, 3.8) is 0 Å². The molecule has 1 N–H and O–H groups in total. The molecular weight excluding hydrogens is 384 g/mol. The van der Waals surface area contributed by atoms with Crippen molar-refractivity contribution < 1.29 is 17.9 Å². The molecule has 0 fully saturated rings. The fourth-order valence-electron chi connectivity index (χ4n) is 2.99. The number of hydrogen-bond donors (Lipinski definition) is 1. The van der Waals surface area contributed by atoms with E-state index in [2.05, 4.69) is 4.72 Å². The van der Waals surface area contributed by atoms with E-state index in [1.165, 1.54) is 14.0 Å². The molecule has 8 heteroatoms. The van der Waals surface area contributed by atoms with E-state index >= 15 is 0 Å². The summed E-state index contributed by atoms with van der Waals surface area (Å²) in [7, 11) is -2.35. The summed E-state index contributed by atoms with van der Waals surface area (Å²) in [6.45, 7) is 5.96. The Kier molecular flexibility index (Phi) is 5.39. The van der Waals surface area contributed by atoms with Crippen molar-refractivity contribution in [1.82, 2.24) is 0 Å². The summed E-state index contributed by atoms with van der Waals surface area (Å²) < 4.78 is 33.7. The first-order chi connectivity index (χ1) is 12.7. The maximum Gasteiger partial charge on any atom is 0.262 e. The molecule has 1 atom stereocenters. The number of hydrogen-bond acceptors (Lipinski definition) is 5. The number of thioether (sulfide) groups is 1. The molecular formula is C19H22N2O4S2. The van der Waals surface area contributed by atoms with E-state index in [1.54, 1.807) is 47.0 Å². The van der Waals surface area contributed by atoms with E-state index in [1.807, 2.05) is 19.9 Å². The van der Waals surface area contributed by atoms with Crippen LogP contribution in [0.5, 0.6) is 5.75 Å². The second-order valence-electron chi connectivity index (χ2n) is 6.50. The molecule has 0 aliphatic carbocycles. The molecule has 1 amide bonds. The zero-order chi connectivity index (χ0) is 19.8. The van der Waals surface area contributed by atoms with Crippen LogP contribution in [0.15, 0.2) is 46.2 Å². The average molecular weight is 407 g/mol. The lowest BCUT2D eigenvalue weighted by atomic mass is 10.2. The Balaban J connectivity index is 2.00. The van der Waals surface area contributed by atoms with Gasteiger partial charge in [0, 0.05) is 23.6 Å². The first-order valence-corrected chi connectivity index (χ1v) is 10.8. The van der Waals surface area contributed by atoms with Crippen LogP contribution in [0.4, 0.5) is 11.4 Å². The van der Waals surface area contributed by atoms with Gasteiger partial charge >= 0.3 is 0 Å². The SMILES string of the molecule is COc1ccc(C)cc1NS(=O)(=O)c1ccc2c(c1)N(C(C)=O)C[C@H](C)S2. The number of ether oxygens (including phenoxy) is 1. The monoisotopic (exact) mass is 406 g/mol. The van der Waals surface area contributed by atoms with Crippen LogP contribution < -0.4 is 14.4 Å². The lowest BCUT2D eigenvalue weighted by Gasteiger charge is -2.32. The standard InChI is InChI=1S/C19H22N2O4S2/c1-12-5-7-18(25-4)16(9-12)20-27(23,24)15-6-8-19-17(10-15)21(14(3)22)11-13(2)26-19/h5-10,13,20H,11H2,1-4H3/t13-/m0/s1. The van der Waals surface area contributed by atoms with Crippen molar-refractivity contribution in [3.05, 3.63) is 42.0 Å². The summed E-state index contributed by atoms with van der Waals surface area (Å²) in [6.07, 6.45) is 0. The quantitative estimate of drug-likeness (QED) is 0.839. The predicted octanol–water partition coefficient (Wildman–Crippen LogP) is 3.65. The van der Waals surface area contributed by atoms with Crippen LogP contribution in [0.25, 0.3) is 0 Å². The van der Waals surface area contributed by atoms with Crippen LogP contribution in [0.3, 0.4) is 0 Å². The number of nitrogens with zero attached hydrogens (tertiary/aromatic N) is 1. The maximum atomic E-state index is 12.9. The molecule has 3 rings (SSSR count). The Hall–Kier alpha value is -2.19. The van der Waals surface area contributed by atoms with Crippen molar-refractivity contribution in [2.24, 2.45) is 0 Å². The molecule has 0 unspecified atom stereocenters. The van der Waals surface area contributed by atoms with Gasteiger partial charge in [0.1, 0.15) is 5.75 Å². The lowest BCUT2D eigenvalue weighted by Crippen LogP contribution is -2.37. The van der Waals surface area contributed by atoms with Gasteiger partial charge in [0.25, 0.3) is 10.0 Å². The van der Waals surface area contributed by atoms with Crippen LogP contribution in [0.2, 0.25) is 0 Å². The fourth-order valence-corrected chi connectivity index (χ4v) is 5.16. The molecule has 0 aromatic heterocycles. The highest BCUT2D eigenvalue weighted by atomic mass is 32.2. The number of anilines is 2. The van der Waals surface area contributed by atoms with Crippen molar-refractivity contribution in [2.75, 3.05) is 23.3 Å². The second kappa shape index (κ2) is 7.44. The van der Waals surface area contributed by atoms with Gasteiger partial charge in [0.05, 0.1) is 23.4 Å². The molecule has 27 heavy (non-hydrogen) atoms. The molecule has 1 aliphatic heterocycles. The number of carbonyl (C=O) groups excluding carboxylic acids is 1. The summed E-state index contributed by atoms with van der Waals surface area (Å²) >= 11 is 1.64. The van der Waals surface area contributed by atoms with Crippen molar-refractivity contribution >= 4 is 39.1 Å². The van der Waals surface area contributed by atoms with Crippen LogP contribution in [-0.4, -0.2) is 33.2 Å². The average Bonchev–Trinajstić information content (AvgIpc) is 2.60. The highest BCUT2D eigenvalue weighted by molar-refractivity contribution is 8.00. The third-order valence-electron chi connectivity index (χ3n) is 4.28. The Morgan fingerprint density at radius 2 is 2.00 bits per heavy atom. The number of nitrogens with one attached hydrogen (secondary N) is 1. The summed E-state index contributed by atoms with van der Waals surface area (Å²) in [6, 6.07) is 10.2. The van der Waals surface area contributed by atoms with E-state index in [4.69, 9.17) is 4.74 Å². The smallest absolute Gasteiger partial charge is 0.262 e. The van der Waals surface area contributed by atoms with Gasteiger partial charge in [0.2, 0.25) is 5.91 Å². The van der Waals surface area contributed by atoms with Crippen LogP contribution in [0.1, 0.15) is 19.4 Å². The van der Waals surface area contributed by atoms with E-state index in [0.29, 0.717) is 23.7 Å². The van der Waals surface area contributed by atoms with Gasteiger partial charge in [-0.05, 0) is 42.8 Å². The topological polar surface area (TPSA) is 75.7 Å². The fraction of sp³-hybridized carbons (Fsp3) is 0.316. The first kappa shape index (κ1) is 19.6. The van der Waals surface area contributed by atoms with E-state index in [9.17, 15) is 13.2 Å². The molecule has 6 nitrogen and oxygen atoms in total. The van der Waals surface area contributed by atoms with Gasteiger partial charge in [-0.2, -0.15) is 0 Å². The number of sulfonamides is 1. The van der Waals surface area contributed by atoms with Crippen molar-refractivity contribution in [3.8, 4) is 5.75 Å². The van der Waals surface area contributed by atoms with Gasteiger partial charge < -0.3 is 9.64 Å². The van der Waals surface area contributed by atoms with E-state index in [0.717, 1.165) is 10.5 Å². The molecule has 0 saturated heterocycles. The molecule has 0 saturated carbocycles. The van der Waals surface area contributed by atoms with Gasteiger partial charge in [0.15, 0.2) is 0 Å². The molecule has 2 aromatic carbocycles. The summed E-state index contributed by atoms with van der Waals surface area (Å²) in [5.41, 5.74) is 1.92. The van der Waals surface area contributed by atoms with Gasteiger partial charge in [-0.3, -0.25) is 9.52 Å². The number of methoxy groups -OCH3 is 1. The number of aryl methyl sites for hydroxylation is 1. The molecule has 0 spiro atoms.